The summed E-state index contributed by atoms with van der Waals surface area (Å²) in [7, 11) is 1.84. The van der Waals surface area contributed by atoms with Gasteiger partial charge in [-0.15, -0.1) is 0 Å². The summed E-state index contributed by atoms with van der Waals surface area (Å²) < 4.78 is 0. The molecule has 1 saturated heterocycles. The average molecular weight is 374 g/mol. The van der Waals surface area contributed by atoms with Crippen molar-refractivity contribution in [3.05, 3.63) is 0 Å². The van der Waals surface area contributed by atoms with Crippen LogP contribution in [0.3, 0.4) is 0 Å². The fraction of sp³-hybridized carbons (Fsp3) is 0.882. The lowest BCUT2D eigenvalue weighted by molar-refractivity contribution is -0.121. The van der Waals surface area contributed by atoms with Crippen LogP contribution in [-0.4, -0.2) is 66.8 Å². The highest BCUT2D eigenvalue weighted by molar-refractivity contribution is 7.99. The Hall–Kier alpha value is -0.0800. The molecule has 0 bridgehead atoms. The number of Topliss-reactive ketones (excluding diaryl/α,β-unsaturated/α-hetero) is 2. The molecule has 1 aliphatic carbocycles. The Bertz CT molecular complexity index is 423. The second-order valence-corrected chi connectivity index (χ2v) is 8.94. The number of likely N-dealkylation sites (N-methyl/N-ethyl adjacent to an activating group) is 1. The molecule has 0 radical (unpaired) electrons. The minimum atomic E-state index is -0.308. The van der Waals surface area contributed by atoms with E-state index in [1.807, 2.05) is 30.6 Å². The molecule has 0 amide bonds. The SMILES string of the molecule is CN[C@H]1CSC[C@H]2CCCC[C@@H]2CSC[C@@H](C(=O)CN)NCC1=O. The molecule has 0 aromatic heterocycles. The molecule has 0 unspecified atom stereocenters. The molecule has 2 fully saturated rings. The fourth-order valence-electron chi connectivity index (χ4n) is 3.49. The van der Waals surface area contributed by atoms with Gasteiger partial charge >= 0.3 is 0 Å². The van der Waals surface area contributed by atoms with Gasteiger partial charge in [0.15, 0.2) is 11.6 Å². The zero-order valence-corrected chi connectivity index (χ0v) is 16.2. The van der Waals surface area contributed by atoms with Gasteiger partial charge in [0.25, 0.3) is 0 Å². The Labute approximate surface area is 154 Å². The van der Waals surface area contributed by atoms with Gasteiger partial charge in [-0.1, -0.05) is 12.8 Å². The van der Waals surface area contributed by atoms with Crippen molar-refractivity contribution in [3.63, 3.8) is 0 Å². The number of rotatable bonds is 3. The number of carbonyl (C=O) groups excluding carboxylic acids is 2. The number of thioether (sulfide) groups is 2. The Morgan fingerprint density at radius 3 is 2.38 bits per heavy atom. The maximum absolute atomic E-state index is 12.4. The predicted molar refractivity (Wildman–Crippen MR) is 104 cm³/mol. The molecule has 5 nitrogen and oxygen atoms in total. The van der Waals surface area contributed by atoms with Gasteiger partial charge in [0.2, 0.25) is 0 Å². The first-order valence-electron chi connectivity index (χ1n) is 8.97. The third kappa shape index (κ3) is 6.02. The van der Waals surface area contributed by atoms with E-state index in [0.29, 0.717) is 5.75 Å². The van der Waals surface area contributed by atoms with Crippen LogP contribution in [0.25, 0.3) is 0 Å². The number of hydrogen-bond acceptors (Lipinski definition) is 7. The van der Waals surface area contributed by atoms with Crippen molar-refractivity contribution in [2.24, 2.45) is 17.6 Å². The van der Waals surface area contributed by atoms with Gasteiger partial charge in [-0.3, -0.25) is 14.9 Å². The zero-order valence-electron chi connectivity index (χ0n) is 14.6. The minimum absolute atomic E-state index is 0.000693. The lowest BCUT2D eigenvalue weighted by atomic mass is 9.81. The van der Waals surface area contributed by atoms with Crippen molar-refractivity contribution in [2.45, 2.75) is 37.8 Å². The summed E-state index contributed by atoms with van der Waals surface area (Å²) in [5, 5.41) is 6.27. The lowest BCUT2D eigenvalue weighted by Crippen LogP contribution is -2.48. The maximum Gasteiger partial charge on any atom is 0.164 e. The maximum atomic E-state index is 12.4. The van der Waals surface area contributed by atoms with E-state index in [4.69, 9.17) is 5.73 Å². The molecule has 138 valence electrons. The van der Waals surface area contributed by atoms with E-state index in [9.17, 15) is 9.59 Å². The Morgan fingerprint density at radius 2 is 1.79 bits per heavy atom. The second kappa shape index (κ2) is 10.8. The van der Waals surface area contributed by atoms with E-state index in [-0.39, 0.29) is 36.7 Å². The van der Waals surface area contributed by atoms with E-state index in [2.05, 4.69) is 10.6 Å². The predicted octanol–water partition coefficient (Wildman–Crippen LogP) is 0.916. The summed E-state index contributed by atoms with van der Waals surface area (Å²) >= 11 is 3.75. The average Bonchev–Trinajstić information content (AvgIpc) is 2.62. The molecule has 1 saturated carbocycles. The molecule has 7 heteroatoms. The highest BCUT2D eigenvalue weighted by atomic mass is 32.2. The van der Waals surface area contributed by atoms with Gasteiger partial charge < -0.3 is 11.1 Å². The minimum Gasteiger partial charge on any atom is -0.324 e. The third-order valence-electron chi connectivity index (χ3n) is 5.15. The number of fused-ring (bicyclic) bond motifs is 1. The molecule has 4 N–H and O–H groups in total. The van der Waals surface area contributed by atoms with Gasteiger partial charge in [-0.25, -0.2) is 0 Å². The number of hydrogen-bond donors (Lipinski definition) is 3. The molecule has 2 aliphatic rings. The number of nitrogens with one attached hydrogen (secondary N) is 2. The second-order valence-electron chi connectivity index (χ2n) is 6.79. The van der Waals surface area contributed by atoms with Crippen LogP contribution in [0.15, 0.2) is 0 Å². The number of carbonyl (C=O) groups is 2. The first kappa shape index (κ1) is 20.2. The van der Waals surface area contributed by atoms with Gasteiger partial charge in [-0.05, 0) is 43.2 Å². The molecular weight excluding hydrogens is 342 g/mol. The Morgan fingerprint density at radius 1 is 1.17 bits per heavy atom. The van der Waals surface area contributed by atoms with Crippen LogP contribution in [0.5, 0.6) is 0 Å². The lowest BCUT2D eigenvalue weighted by Gasteiger charge is -2.31. The largest absolute Gasteiger partial charge is 0.324 e. The van der Waals surface area contributed by atoms with E-state index in [0.717, 1.165) is 29.1 Å². The topological polar surface area (TPSA) is 84.2 Å². The van der Waals surface area contributed by atoms with Crippen LogP contribution in [0.1, 0.15) is 25.7 Å². The summed E-state index contributed by atoms with van der Waals surface area (Å²) in [5.41, 5.74) is 5.54. The standard InChI is InChI=1S/C17H31N3O2S2/c1-19-14-10-23-8-12-4-2-3-5-13(12)9-24-11-15(16(21)6-18)20-7-17(14)22/h12-15,19-20H,2-11,18H2,1H3/t12-,13-,14+,15+/m1/s1. The van der Waals surface area contributed by atoms with Crippen LogP contribution in [0, 0.1) is 11.8 Å². The smallest absolute Gasteiger partial charge is 0.164 e. The summed E-state index contributed by atoms with van der Waals surface area (Å²) in [6.07, 6.45) is 5.26. The fourth-order valence-corrected chi connectivity index (χ4v) is 6.37. The molecule has 0 aromatic carbocycles. The number of ketones is 2. The molecule has 1 heterocycles. The molecule has 0 aromatic rings. The van der Waals surface area contributed by atoms with Crippen LogP contribution in [0.2, 0.25) is 0 Å². The van der Waals surface area contributed by atoms with Crippen LogP contribution in [0.4, 0.5) is 0 Å². The number of nitrogens with two attached hydrogens (primary N) is 1. The van der Waals surface area contributed by atoms with Gasteiger partial charge in [0.05, 0.1) is 25.2 Å². The van der Waals surface area contributed by atoms with Gasteiger partial charge in [0, 0.05) is 11.5 Å². The first-order valence-corrected chi connectivity index (χ1v) is 11.3. The highest BCUT2D eigenvalue weighted by Crippen LogP contribution is 2.35. The third-order valence-corrected chi connectivity index (χ3v) is 7.61. The zero-order chi connectivity index (χ0) is 17.4. The summed E-state index contributed by atoms with van der Waals surface area (Å²) in [6.45, 7) is 0.264. The normalized spacial score (nSPS) is 33.7. The van der Waals surface area contributed by atoms with Crippen molar-refractivity contribution in [2.75, 3.05) is 43.1 Å². The quantitative estimate of drug-likeness (QED) is 0.678. The van der Waals surface area contributed by atoms with E-state index < -0.39 is 0 Å². The Balaban J connectivity index is 2.04. The van der Waals surface area contributed by atoms with Crippen LogP contribution in [-0.2, 0) is 9.59 Å². The summed E-state index contributed by atoms with van der Waals surface area (Å²) in [6, 6.07) is -0.455. The van der Waals surface area contributed by atoms with Crippen molar-refractivity contribution in [1.29, 1.82) is 0 Å². The molecule has 0 spiro atoms. The molecule has 2 rings (SSSR count). The summed E-state index contributed by atoms with van der Waals surface area (Å²) in [4.78, 5) is 24.5. The first-order chi connectivity index (χ1) is 11.7. The van der Waals surface area contributed by atoms with Crippen molar-refractivity contribution < 1.29 is 9.59 Å². The van der Waals surface area contributed by atoms with Crippen LogP contribution >= 0.6 is 23.5 Å². The molecule has 24 heavy (non-hydrogen) atoms. The van der Waals surface area contributed by atoms with Crippen molar-refractivity contribution >= 4 is 35.1 Å². The highest BCUT2D eigenvalue weighted by Gasteiger charge is 2.28. The summed E-state index contributed by atoms with van der Waals surface area (Å²) in [5.74, 6) is 5.41. The van der Waals surface area contributed by atoms with E-state index in [1.165, 1.54) is 25.7 Å². The molecule has 1 aliphatic heterocycles. The van der Waals surface area contributed by atoms with Crippen molar-refractivity contribution in [3.8, 4) is 0 Å². The van der Waals surface area contributed by atoms with Crippen molar-refractivity contribution in [1.82, 2.24) is 10.6 Å². The molecule has 4 atom stereocenters. The van der Waals surface area contributed by atoms with E-state index >= 15 is 0 Å². The van der Waals surface area contributed by atoms with Crippen LogP contribution < -0.4 is 16.4 Å². The monoisotopic (exact) mass is 373 g/mol. The van der Waals surface area contributed by atoms with Gasteiger partial charge in [-0.2, -0.15) is 23.5 Å². The van der Waals surface area contributed by atoms with E-state index in [1.54, 1.807) is 0 Å². The van der Waals surface area contributed by atoms with Gasteiger partial charge in [0.1, 0.15) is 0 Å². The Kier molecular flexibility index (Phi) is 9.11. The molecular formula is C17H31N3O2S2.